The Morgan fingerprint density at radius 1 is 1.21 bits per heavy atom. The summed E-state index contributed by atoms with van der Waals surface area (Å²) in [6.45, 7) is 2.81. The van der Waals surface area contributed by atoms with Crippen LogP contribution in [0.5, 0.6) is 5.75 Å². The largest absolute Gasteiger partial charge is 0.507 e. The molecule has 0 bridgehead atoms. The molecule has 1 saturated carbocycles. The summed E-state index contributed by atoms with van der Waals surface area (Å²) >= 11 is 0. The number of hydrogen-bond acceptors (Lipinski definition) is 6. The smallest absolute Gasteiger partial charge is 0.182 e. The molecule has 8 heteroatoms. The highest BCUT2D eigenvalue weighted by molar-refractivity contribution is 6.00. The Bertz CT molecular complexity index is 1380. The Kier molecular flexibility index (Phi) is 4.60. The SMILES string of the molecule is Cc1cc(O)c(C(=O)Cc2cccc(-c3nnc4n3CCC4)n2)cc1-n1cnc(C2CC2)c1. The van der Waals surface area contributed by atoms with Crippen molar-refractivity contribution in [3.8, 4) is 23.0 Å². The third-order valence-electron chi connectivity index (χ3n) is 6.48. The van der Waals surface area contributed by atoms with E-state index in [1.54, 1.807) is 18.5 Å². The second-order valence-corrected chi connectivity index (χ2v) is 8.95. The normalized spacial score (nSPS) is 15.1. The third kappa shape index (κ3) is 3.61. The molecule has 0 amide bonds. The van der Waals surface area contributed by atoms with Gasteiger partial charge in [-0.3, -0.25) is 4.79 Å². The van der Waals surface area contributed by atoms with Crippen LogP contribution in [0.3, 0.4) is 0 Å². The third-order valence-corrected chi connectivity index (χ3v) is 6.48. The van der Waals surface area contributed by atoms with Crippen LogP contribution in [0, 0.1) is 6.92 Å². The number of aromatic nitrogens is 6. The average molecular weight is 441 g/mol. The number of fused-ring (bicyclic) bond motifs is 1. The summed E-state index contributed by atoms with van der Waals surface area (Å²) in [5, 5.41) is 19.1. The molecule has 2 aliphatic rings. The van der Waals surface area contributed by atoms with Crippen LogP contribution in [0.2, 0.25) is 0 Å². The van der Waals surface area contributed by atoms with Crippen molar-refractivity contribution < 1.29 is 9.90 Å². The minimum atomic E-state index is -0.188. The zero-order valence-corrected chi connectivity index (χ0v) is 18.4. The van der Waals surface area contributed by atoms with Gasteiger partial charge in [-0.25, -0.2) is 9.97 Å². The maximum atomic E-state index is 13.2. The van der Waals surface area contributed by atoms with Gasteiger partial charge < -0.3 is 14.2 Å². The van der Waals surface area contributed by atoms with Gasteiger partial charge in [0.25, 0.3) is 0 Å². The minimum Gasteiger partial charge on any atom is -0.507 e. The first-order valence-electron chi connectivity index (χ1n) is 11.4. The summed E-state index contributed by atoms with van der Waals surface area (Å²) in [7, 11) is 0. The van der Waals surface area contributed by atoms with E-state index in [-0.39, 0.29) is 23.5 Å². The fourth-order valence-corrected chi connectivity index (χ4v) is 4.54. The number of carbonyl (C=O) groups excluding carboxylic acids is 1. The fourth-order valence-electron chi connectivity index (χ4n) is 4.54. The average Bonchev–Trinajstić information content (AvgIpc) is 3.18. The Morgan fingerprint density at radius 2 is 2.09 bits per heavy atom. The molecule has 1 fully saturated rings. The number of pyridine rings is 1. The zero-order chi connectivity index (χ0) is 22.5. The second-order valence-electron chi connectivity index (χ2n) is 8.95. The van der Waals surface area contributed by atoms with Crippen molar-refractivity contribution >= 4 is 5.78 Å². The Balaban J connectivity index is 1.28. The van der Waals surface area contributed by atoms with Gasteiger partial charge in [0.1, 0.15) is 17.3 Å². The van der Waals surface area contributed by atoms with E-state index in [9.17, 15) is 9.90 Å². The van der Waals surface area contributed by atoms with Crippen LogP contribution in [0.15, 0.2) is 42.9 Å². The molecule has 6 rings (SSSR count). The van der Waals surface area contributed by atoms with Gasteiger partial charge in [0.2, 0.25) is 0 Å². The number of hydrogen-bond donors (Lipinski definition) is 1. The second kappa shape index (κ2) is 7.65. The monoisotopic (exact) mass is 440 g/mol. The lowest BCUT2D eigenvalue weighted by Crippen LogP contribution is -2.08. The van der Waals surface area contributed by atoms with E-state index in [4.69, 9.17) is 0 Å². The number of benzene rings is 1. The van der Waals surface area contributed by atoms with Crippen molar-refractivity contribution in [3.05, 3.63) is 71.2 Å². The molecule has 1 aliphatic heterocycles. The molecule has 3 aromatic heterocycles. The van der Waals surface area contributed by atoms with E-state index in [0.717, 1.165) is 48.0 Å². The summed E-state index contributed by atoms with van der Waals surface area (Å²) in [6, 6.07) is 8.99. The maximum Gasteiger partial charge on any atom is 0.182 e. The molecule has 0 atom stereocenters. The van der Waals surface area contributed by atoms with E-state index < -0.39 is 0 Å². The maximum absolute atomic E-state index is 13.2. The molecule has 0 spiro atoms. The van der Waals surface area contributed by atoms with Crippen molar-refractivity contribution in [2.75, 3.05) is 0 Å². The van der Waals surface area contributed by atoms with Crippen molar-refractivity contribution in [2.24, 2.45) is 0 Å². The van der Waals surface area contributed by atoms with Crippen molar-refractivity contribution in [3.63, 3.8) is 0 Å². The lowest BCUT2D eigenvalue weighted by molar-refractivity contribution is 0.0989. The predicted molar refractivity (Wildman–Crippen MR) is 122 cm³/mol. The molecule has 4 aromatic rings. The molecule has 0 radical (unpaired) electrons. The van der Waals surface area contributed by atoms with Crippen LogP contribution in [0.1, 0.15) is 58.3 Å². The number of carbonyl (C=O) groups is 1. The topological polar surface area (TPSA) is 98.7 Å². The van der Waals surface area contributed by atoms with E-state index in [1.165, 1.54) is 12.8 Å². The highest BCUT2D eigenvalue weighted by Gasteiger charge is 2.26. The molecule has 8 nitrogen and oxygen atoms in total. The Hall–Kier alpha value is -3.81. The lowest BCUT2D eigenvalue weighted by Gasteiger charge is -2.12. The number of aromatic hydroxyl groups is 1. The fraction of sp³-hybridized carbons (Fsp3) is 0.320. The molecule has 0 unspecified atom stereocenters. The van der Waals surface area contributed by atoms with Gasteiger partial charge in [0.15, 0.2) is 11.6 Å². The summed E-state index contributed by atoms with van der Waals surface area (Å²) < 4.78 is 4.02. The lowest BCUT2D eigenvalue weighted by atomic mass is 10.0. The van der Waals surface area contributed by atoms with Crippen molar-refractivity contribution in [2.45, 2.75) is 51.5 Å². The molecule has 1 N–H and O–H groups in total. The number of imidazole rings is 1. The van der Waals surface area contributed by atoms with Gasteiger partial charge in [-0.05, 0) is 56.0 Å². The van der Waals surface area contributed by atoms with Crippen LogP contribution < -0.4 is 0 Å². The van der Waals surface area contributed by atoms with E-state index in [2.05, 4.69) is 24.7 Å². The Labute approximate surface area is 191 Å². The summed E-state index contributed by atoms with van der Waals surface area (Å²) in [5.41, 5.74) is 4.43. The van der Waals surface area contributed by atoms with Crippen LogP contribution >= 0.6 is 0 Å². The molecular formula is C25H24N6O2. The van der Waals surface area contributed by atoms with Crippen LogP contribution in [0.25, 0.3) is 17.2 Å². The van der Waals surface area contributed by atoms with Crippen LogP contribution in [-0.2, 0) is 19.4 Å². The highest BCUT2D eigenvalue weighted by atomic mass is 16.3. The van der Waals surface area contributed by atoms with Gasteiger partial charge in [-0.1, -0.05) is 6.07 Å². The number of phenols is 1. The molecule has 33 heavy (non-hydrogen) atoms. The van der Waals surface area contributed by atoms with Crippen molar-refractivity contribution in [1.82, 2.24) is 29.3 Å². The molecule has 0 saturated heterocycles. The number of nitrogens with zero attached hydrogens (tertiary/aromatic N) is 6. The quantitative estimate of drug-likeness (QED) is 0.458. The Morgan fingerprint density at radius 3 is 2.94 bits per heavy atom. The number of Topliss-reactive ketones (excluding diaryl/α,β-unsaturated/α-hetero) is 1. The first-order valence-corrected chi connectivity index (χ1v) is 11.4. The summed E-state index contributed by atoms with van der Waals surface area (Å²) in [5.74, 6) is 2.07. The van der Waals surface area contributed by atoms with Gasteiger partial charge >= 0.3 is 0 Å². The number of aryl methyl sites for hydroxylation is 2. The molecule has 1 aliphatic carbocycles. The number of phenolic OH excluding ortho intramolecular Hbond substituents is 1. The van der Waals surface area contributed by atoms with Gasteiger partial charge in [0.05, 0.1) is 29.7 Å². The molecule has 1 aromatic carbocycles. The van der Waals surface area contributed by atoms with Gasteiger partial charge in [0, 0.05) is 30.8 Å². The molecule has 4 heterocycles. The van der Waals surface area contributed by atoms with E-state index in [1.807, 2.05) is 35.9 Å². The molecular weight excluding hydrogens is 416 g/mol. The van der Waals surface area contributed by atoms with Gasteiger partial charge in [-0.15, -0.1) is 10.2 Å². The van der Waals surface area contributed by atoms with E-state index >= 15 is 0 Å². The number of ketones is 1. The van der Waals surface area contributed by atoms with E-state index in [0.29, 0.717) is 17.3 Å². The first-order chi connectivity index (χ1) is 16.1. The van der Waals surface area contributed by atoms with Gasteiger partial charge in [-0.2, -0.15) is 0 Å². The summed E-state index contributed by atoms with van der Waals surface area (Å²) in [4.78, 5) is 22.4. The van der Waals surface area contributed by atoms with Crippen LogP contribution in [0.4, 0.5) is 0 Å². The van der Waals surface area contributed by atoms with Crippen molar-refractivity contribution in [1.29, 1.82) is 0 Å². The molecule has 166 valence electrons. The van der Waals surface area contributed by atoms with Crippen LogP contribution in [-0.4, -0.2) is 40.2 Å². The standard InChI is InChI=1S/C25H24N6O2/c1-15-10-22(32)18(12-21(15)30-13-20(26-14-30)16-7-8-16)23(33)11-17-4-2-5-19(27-17)25-29-28-24-6-3-9-31(24)25/h2,4-5,10,12-14,16,32H,3,6-9,11H2,1H3. The minimum absolute atomic E-state index is 0.0183. The summed E-state index contributed by atoms with van der Waals surface area (Å²) in [6.07, 6.45) is 8.24. The highest BCUT2D eigenvalue weighted by Crippen LogP contribution is 2.39. The first kappa shape index (κ1) is 19.8. The zero-order valence-electron chi connectivity index (χ0n) is 18.4. The number of rotatable bonds is 6. The predicted octanol–water partition coefficient (Wildman–Crippen LogP) is 3.79.